The van der Waals surface area contributed by atoms with E-state index in [1.807, 2.05) is 0 Å². The first-order valence-corrected chi connectivity index (χ1v) is 6.67. The first-order valence-electron chi connectivity index (χ1n) is 5.87. The van der Waals surface area contributed by atoms with Gasteiger partial charge in [0.1, 0.15) is 5.75 Å². The molecule has 0 radical (unpaired) electrons. The van der Waals surface area contributed by atoms with Crippen molar-refractivity contribution in [1.29, 1.82) is 0 Å². The number of benzene rings is 1. The van der Waals surface area contributed by atoms with Crippen LogP contribution in [0.3, 0.4) is 0 Å². The molecule has 0 aromatic heterocycles. The van der Waals surface area contributed by atoms with Gasteiger partial charge in [-0.25, -0.2) is 0 Å². The molecule has 0 fully saturated rings. The Bertz CT molecular complexity index is 393. The number of carbonyl (C=O) groups is 1. The molecule has 1 aromatic rings. The van der Waals surface area contributed by atoms with Crippen LogP contribution >= 0.6 is 15.9 Å². The molecular formula is C13H18BrNO2. The lowest BCUT2D eigenvalue weighted by atomic mass is 10.1. The molecule has 0 aliphatic carbocycles. The molecule has 1 rings (SSSR count). The van der Waals surface area contributed by atoms with E-state index in [1.165, 1.54) is 6.07 Å². The maximum absolute atomic E-state index is 11.9. The molecular weight excluding hydrogens is 282 g/mol. The lowest BCUT2D eigenvalue weighted by Crippen LogP contribution is -2.34. The number of phenols is 1. The van der Waals surface area contributed by atoms with Crippen LogP contribution in [0.15, 0.2) is 22.7 Å². The van der Waals surface area contributed by atoms with Gasteiger partial charge in [0.2, 0.25) is 0 Å². The molecule has 0 saturated carbocycles. The Morgan fingerprint density at radius 1 is 1.47 bits per heavy atom. The van der Waals surface area contributed by atoms with Crippen LogP contribution in [0.25, 0.3) is 0 Å². The summed E-state index contributed by atoms with van der Waals surface area (Å²) in [6.07, 6.45) is 2.94. The molecule has 0 bridgehead atoms. The van der Waals surface area contributed by atoms with Crippen LogP contribution in [0, 0.1) is 0 Å². The molecule has 2 N–H and O–H groups in total. The summed E-state index contributed by atoms with van der Waals surface area (Å²) in [6.45, 7) is 4.15. The summed E-state index contributed by atoms with van der Waals surface area (Å²) in [5.41, 5.74) is 0.486. The molecule has 0 spiro atoms. The van der Waals surface area contributed by atoms with Gasteiger partial charge in [0.05, 0.1) is 4.47 Å². The van der Waals surface area contributed by atoms with Gasteiger partial charge in [-0.15, -0.1) is 0 Å². The number of rotatable bonds is 5. The average molecular weight is 300 g/mol. The molecule has 1 unspecified atom stereocenters. The number of hydrogen-bond donors (Lipinski definition) is 2. The van der Waals surface area contributed by atoms with E-state index in [0.29, 0.717) is 10.0 Å². The molecule has 4 heteroatoms. The van der Waals surface area contributed by atoms with Gasteiger partial charge in [-0.2, -0.15) is 0 Å². The zero-order valence-corrected chi connectivity index (χ0v) is 11.8. The van der Waals surface area contributed by atoms with Crippen molar-refractivity contribution >= 4 is 21.8 Å². The third-order valence-electron chi connectivity index (χ3n) is 2.67. The second kappa shape index (κ2) is 6.64. The fourth-order valence-electron chi connectivity index (χ4n) is 1.65. The second-order valence-corrected chi connectivity index (χ2v) is 4.89. The first kappa shape index (κ1) is 14.0. The Morgan fingerprint density at radius 2 is 2.18 bits per heavy atom. The largest absolute Gasteiger partial charge is 0.507 e. The highest BCUT2D eigenvalue weighted by Gasteiger charge is 2.12. The van der Waals surface area contributed by atoms with Crippen molar-refractivity contribution in [1.82, 2.24) is 5.32 Å². The van der Waals surface area contributed by atoms with E-state index >= 15 is 0 Å². The Labute approximate surface area is 110 Å². The minimum Gasteiger partial charge on any atom is -0.507 e. The highest BCUT2D eigenvalue weighted by molar-refractivity contribution is 9.10. The van der Waals surface area contributed by atoms with Gasteiger partial charge < -0.3 is 10.4 Å². The highest BCUT2D eigenvalue weighted by atomic mass is 79.9. The number of hydrogen-bond acceptors (Lipinski definition) is 2. The monoisotopic (exact) mass is 299 g/mol. The van der Waals surface area contributed by atoms with E-state index in [9.17, 15) is 9.90 Å². The van der Waals surface area contributed by atoms with E-state index in [-0.39, 0.29) is 17.7 Å². The number of phenolic OH excluding ortho intramolecular Hbond substituents is 1. The lowest BCUT2D eigenvalue weighted by Gasteiger charge is -2.16. The number of halogens is 1. The first-order chi connectivity index (χ1) is 8.08. The molecule has 0 aliphatic heterocycles. The quantitative estimate of drug-likeness (QED) is 0.875. The summed E-state index contributed by atoms with van der Waals surface area (Å²) in [7, 11) is 0. The van der Waals surface area contributed by atoms with Crippen LogP contribution in [-0.2, 0) is 0 Å². The molecule has 94 valence electrons. The zero-order valence-electron chi connectivity index (χ0n) is 10.2. The van der Waals surface area contributed by atoms with E-state index in [4.69, 9.17) is 0 Å². The summed E-state index contributed by atoms with van der Waals surface area (Å²) in [5.74, 6) is -0.0470. The fraction of sp³-hybridized carbons (Fsp3) is 0.462. The Morgan fingerprint density at radius 3 is 2.71 bits per heavy atom. The van der Waals surface area contributed by atoms with Crippen LogP contribution in [-0.4, -0.2) is 17.1 Å². The minimum atomic E-state index is -0.131. The van der Waals surface area contributed by atoms with Gasteiger partial charge >= 0.3 is 0 Å². The van der Waals surface area contributed by atoms with Gasteiger partial charge in [-0.05, 0) is 47.0 Å². The maximum Gasteiger partial charge on any atom is 0.251 e. The Balaban J connectivity index is 2.72. The number of carbonyl (C=O) groups excluding carboxylic acids is 1. The predicted molar refractivity (Wildman–Crippen MR) is 72.3 cm³/mol. The fourth-order valence-corrected chi connectivity index (χ4v) is 1.90. The van der Waals surface area contributed by atoms with Crippen molar-refractivity contribution in [3.8, 4) is 5.75 Å². The third kappa shape index (κ3) is 4.04. The smallest absolute Gasteiger partial charge is 0.251 e. The standard InChI is InChI=1S/C13H18BrNO2/c1-3-5-10(4-2)15-13(17)9-6-7-11(14)12(16)8-9/h6-8,10,16H,3-5H2,1-2H3,(H,15,17). The van der Waals surface area contributed by atoms with Crippen LogP contribution in [0.4, 0.5) is 0 Å². The number of aromatic hydroxyl groups is 1. The molecule has 0 heterocycles. The summed E-state index contributed by atoms with van der Waals surface area (Å²) in [6, 6.07) is 5.04. The lowest BCUT2D eigenvalue weighted by molar-refractivity contribution is 0.0933. The summed E-state index contributed by atoms with van der Waals surface area (Å²) < 4.78 is 0.592. The predicted octanol–water partition coefficient (Wildman–Crippen LogP) is 3.46. The molecule has 0 saturated heterocycles. The Kier molecular flexibility index (Phi) is 5.48. The topological polar surface area (TPSA) is 49.3 Å². The van der Waals surface area contributed by atoms with Gasteiger partial charge in [0.15, 0.2) is 0 Å². The third-order valence-corrected chi connectivity index (χ3v) is 3.34. The molecule has 1 amide bonds. The molecule has 0 aliphatic rings. The Hall–Kier alpha value is -1.03. The van der Waals surface area contributed by atoms with E-state index < -0.39 is 0 Å². The SMILES string of the molecule is CCCC(CC)NC(=O)c1ccc(Br)c(O)c1. The second-order valence-electron chi connectivity index (χ2n) is 4.03. The van der Waals surface area contributed by atoms with E-state index in [2.05, 4.69) is 35.1 Å². The van der Waals surface area contributed by atoms with Crippen molar-refractivity contribution in [2.24, 2.45) is 0 Å². The van der Waals surface area contributed by atoms with Crippen LogP contribution in [0.5, 0.6) is 5.75 Å². The van der Waals surface area contributed by atoms with Gasteiger partial charge in [0, 0.05) is 11.6 Å². The average Bonchev–Trinajstić information content (AvgIpc) is 2.31. The summed E-state index contributed by atoms with van der Waals surface area (Å²) in [5, 5.41) is 12.5. The molecule has 1 aromatic carbocycles. The number of amides is 1. The highest BCUT2D eigenvalue weighted by Crippen LogP contribution is 2.24. The van der Waals surface area contributed by atoms with Crippen molar-refractivity contribution in [2.75, 3.05) is 0 Å². The van der Waals surface area contributed by atoms with Crippen LogP contribution in [0.1, 0.15) is 43.5 Å². The van der Waals surface area contributed by atoms with Crippen molar-refractivity contribution < 1.29 is 9.90 Å². The van der Waals surface area contributed by atoms with Crippen LogP contribution in [0.2, 0.25) is 0 Å². The molecule has 1 atom stereocenters. The van der Waals surface area contributed by atoms with Gasteiger partial charge in [0.25, 0.3) is 5.91 Å². The van der Waals surface area contributed by atoms with Crippen molar-refractivity contribution in [3.63, 3.8) is 0 Å². The van der Waals surface area contributed by atoms with E-state index in [1.54, 1.807) is 12.1 Å². The van der Waals surface area contributed by atoms with E-state index in [0.717, 1.165) is 19.3 Å². The van der Waals surface area contributed by atoms with Gasteiger partial charge in [-0.1, -0.05) is 20.3 Å². The zero-order chi connectivity index (χ0) is 12.8. The molecule has 3 nitrogen and oxygen atoms in total. The summed E-state index contributed by atoms with van der Waals surface area (Å²) >= 11 is 3.19. The molecule has 17 heavy (non-hydrogen) atoms. The maximum atomic E-state index is 11.9. The van der Waals surface area contributed by atoms with Gasteiger partial charge in [-0.3, -0.25) is 4.79 Å². The van der Waals surface area contributed by atoms with Crippen LogP contribution < -0.4 is 5.32 Å². The normalized spacial score (nSPS) is 12.2. The van der Waals surface area contributed by atoms with Crippen molar-refractivity contribution in [2.45, 2.75) is 39.2 Å². The summed E-state index contributed by atoms with van der Waals surface area (Å²) in [4.78, 5) is 11.9. The minimum absolute atomic E-state index is 0.0844. The number of nitrogens with one attached hydrogen (secondary N) is 1. The van der Waals surface area contributed by atoms with Crippen molar-refractivity contribution in [3.05, 3.63) is 28.2 Å².